The van der Waals surface area contributed by atoms with E-state index >= 15 is 0 Å². The number of rotatable bonds is 5. The van der Waals surface area contributed by atoms with E-state index in [1.807, 2.05) is 26.1 Å². The maximum atomic E-state index is 5.75. The third-order valence-corrected chi connectivity index (χ3v) is 4.10. The molecule has 2 aromatic carbocycles. The average Bonchev–Trinajstić information content (AvgIpc) is 2.45. The van der Waals surface area contributed by atoms with Crippen molar-refractivity contribution in [3.8, 4) is 5.75 Å². The molecular weight excluding hydrogens is 382 g/mol. The van der Waals surface area contributed by atoms with E-state index < -0.39 is 0 Å². The number of nitrogens with one attached hydrogen (secondary N) is 1. The lowest BCUT2D eigenvalue weighted by Crippen LogP contribution is -2.18. The van der Waals surface area contributed by atoms with Gasteiger partial charge in [-0.2, -0.15) is 0 Å². The van der Waals surface area contributed by atoms with E-state index in [4.69, 9.17) is 4.74 Å². The largest absolute Gasteiger partial charge is 0.494 e. The Hall–Kier alpha value is -0.840. The molecule has 0 aliphatic carbocycles. The van der Waals surface area contributed by atoms with Crippen molar-refractivity contribution >= 4 is 31.9 Å². The predicted octanol–water partition coefficient (Wildman–Crippen LogP) is 4.92. The molecule has 0 amide bonds. The van der Waals surface area contributed by atoms with Crippen LogP contribution in [0.2, 0.25) is 0 Å². The van der Waals surface area contributed by atoms with Crippen molar-refractivity contribution < 1.29 is 4.74 Å². The first-order valence-corrected chi connectivity index (χ1v) is 8.09. The van der Waals surface area contributed by atoms with Gasteiger partial charge in [0.1, 0.15) is 5.75 Å². The minimum Gasteiger partial charge on any atom is -0.494 e. The van der Waals surface area contributed by atoms with Gasteiger partial charge < -0.3 is 10.1 Å². The van der Waals surface area contributed by atoms with Gasteiger partial charge in [0, 0.05) is 14.5 Å². The SMILES string of the molecule is CCOc1ccc(Br)cc1C(NC)c1ccc(Br)cc1. The highest BCUT2D eigenvalue weighted by molar-refractivity contribution is 9.10. The van der Waals surface area contributed by atoms with E-state index in [0.29, 0.717) is 6.61 Å². The minimum atomic E-state index is 0.0992. The summed E-state index contributed by atoms with van der Waals surface area (Å²) in [6.45, 7) is 2.66. The molecule has 0 heterocycles. The molecule has 106 valence electrons. The normalized spacial score (nSPS) is 12.2. The first-order valence-electron chi connectivity index (χ1n) is 6.50. The molecule has 2 rings (SSSR count). The molecule has 20 heavy (non-hydrogen) atoms. The van der Waals surface area contributed by atoms with Gasteiger partial charge in [0.25, 0.3) is 0 Å². The zero-order chi connectivity index (χ0) is 14.5. The van der Waals surface area contributed by atoms with E-state index in [1.54, 1.807) is 0 Å². The van der Waals surface area contributed by atoms with Crippen molar-refractivity contribution in [2.75, 3.05) is 13.7 Å². The lowest BCUT2D eigenvalue weighted by Gasteiger charge is -2.21. The van der Waals surface area contributed by atoms with Gasteiger partial charge in [-0.15, -0.1) is 0 Å². The van der Waals surface area contributed by atoms with Crippen LogP contribution in [0, 0.1) is 0 Å². The van der Waals surface area contributed by atoms with E-state index in [-0.39, 0.29) is 6.04 Å². The van der Waals surface area contributed by atoms with Crippen LogP contribution < -0.4 is 10.1 Å². The quantitative estimate of drug-likeness (QED) is 0.771. The average molecular weight is 399 g/mol. The molecule has 0 saturated carbocycles. The Morgan fingerprint density at radius 3 is 2.30 bits per heavy atom. The van der Waals surface area contributed by atoms with E-state index in [9.17, 15) is 0 Å². The Morgan fingerprint density at radius 1 is 1.05 bits per heavy atom. The van der Waals surface area contributed by atoms with Gasteiger partial charge in [-0.3, -0.25) is 0 Å². The van der Waals surface area contributed by atoms with Crippen LogP contribution in [0.25, 0.3) is 0 Å². The van der Waals surface area contributed by atoms with Gasteiger partial charge >= 0.3 is 0 Å². The van der Waals surface area contributed by atoms with Gasteiger partial charge in [-0.25, -0.2) is 0 Å². The summed E-state index contributed by atoms with van der Waals surface area (Å²) in [5.74, 6) is 0.915. The first kappa shape index (κ1) is 15.5. The van der Waals surface area contributed by atoms with Crippen LogP contribution in [0.1, 0.15) is 24.1 Å². The Morgan fingerprint density at radius 2 is 1.70 bits per heavy atom. The standard InChI is InChI=1S/C16H17Br2NO/c1-3-20-15-9-8-13(18)10-14(15)16(19-2)11-4-6-12(17)7-5-11/h4-10,16,19H,3H2,1-2H3. The predicted molar refractivity (Wildman–Crippen MR) is 90.4 cm³/mol. The third-order valence-electron chi connectivity index (χ3n) is 3.07. The lowest BCUT2D eigenvalue weighted by atomic mass is 9.98. The number of hydrogen-bond acceptors (Lipinski definition) is 2. The fourth-order valence-corrected chi connectivity index (χ4v) is 2.83. The molecule has 2 nitrogen and oxygen atoms in total. The van der Waals surface area contributed by atoms with Crippen LogP contribution >= 0.6 is 31.9 Å². The summed E-state index contributed by atoms with van der Waals surface area (Å²) in [7, 11) is 1.96. The van der Waals surface area contributed by atoms with E-state index in [0.717, 1.165) is 20.3 Å². The van der Waals surface area contributed by atoms with Gasteiger partial charge in [-0.05, 0) is 49.9 Å². The van der Waals surface area contributed by atoms with Crippen LogP contribution in [0.15, 0.2) is 51.4 Å². The lowest BCUT2D eigenvalue weighted by molar-refractivity contribution is 0.334. The molecule has 1 N–H and O–H groups in total. The summed E-state index contributed by atoms with van der Waals surface area (Å²) in [6.07, 6.45) is 0. The molecule has 0 fully saturated rings. The maximum Gasteiger partial charge on any atom is 0.124 e. The molecule has 4 heteroatoms. The second-order valence-electron chi connectivity index (χ2n) is 4.39. The minimum absolute atomic E-state index is 0.0992. The highest BCUT2D eigenvalue weighted by Crippen LogP contribution is 2.32. The van der Waals surface area contributed by atoms with Crippen LogP contribution in [0.3, 0.4) is 0 Å². The molecular formula is C16H17Br2NO. The van der Waals surface area contributed by atoms with Crippen molar-refractivity contribution in [3.05, 3.63) is 62.5 Å². The summed E-state index contributed by atoms with van der Waals surface area (Å²) in [5.41, 5.74) is 2.33. The van der Waals surface area contributed by atoms with Crippen molar-refractivity contribution in [2.24, 2.45) is 0 Å². The molecule has 0 saturated heterocycles. The summed E-state index contributed by atoms with van der Waals surface area (Å²) < 4.78 is 7.88. The number of hydrogen-bond donors (Lipinski definition) is 1. The fraction of sp³-hybridized carbons (Fsp3) is 0.250. The van der Waals surface area contributed by atoms with Gasteiger partial charge in [0.15, 0.2) is 0 Å². The molecule has 1 atom stereocenters. The van der Waals surface area contributed by atoms with Crippen molar-refractivity contribution in [1.29, 1.82) is 0 Å². The highest BCUT2D eigenvalue weighted by atomic mass is 79.9. The summed E-state index contributed by atoms with van der Waals surface area (Å²) in [6, 6.07) is 14.5. The van der Waals surface area contributed by atoms with Crippen LogP contribution in [0.4, 0.5) is 0 Å². The summed E-state index contributed by atoms with van der Waals surface area (Å²) in [5, 5.41) is 3.36. The zero-order valence-electron chi connectivity index (χ0n) is 11.5. The van der Waals surface area contributed by atoms with E-state index in [2.05, 4.69) is 67.5 Å². The Balaban J connectivity index is 2.45. The van der Waals surface area contributed by atoms with Crippen LogP contribution in [0.5, 0.6) is 5.75 Å². The Labute approximate surface area is 136 Å². The Bertz CT molecular complexity index is 569. The van der Waals surface area contributed by atoms with Crippen molar-refractivity contribution in [2.45, 2.75) is 13.0 Å². The molecule has 0 radical (unpaired) electrons. The molecule has 0 aliphatic heterocycles. The molecule has 2 aromatic rings. The molecule has 0 bridgehead atoms. The van der Waals surface area contributed by atoms with Crippen molar-refractivity contribution in [1.82, 2.24) is 5.32 Å². The molecule has 0 aliphatic rings. The first-order chi connectivity index (χ1) is 9.65. The van der Waals surface area contributed by atoms with Crippen LogP contribution in [-0.4, -0.2) is 13.7 Å². The van der Waals surface area contributed by atoms with E-state index in [1.165, 1.54) is 5.56 Å². The molecule has 0 aromatic heterocycles. The fourth-order valence-electron chi connectivity index (χ4n) is 2.19. The third kappa shape index (κ3) is 3.62. The molecule has 1 unspecified atom stereocenters. The van der Waals surface area contributed by atoms with Gasteiger partial charge in [0.2, 0.25) is 0 Å². The second-order valence-corrected chi connectivity index (χ2v) is 6.22. The van der Waals surface area contributed by atoms with Crippen LogP contribution in [-0.2, 0) is 0 Å². The second kappa shape index (κ2) is 7.25. The number of ether oxygens (including phenoxy) is 1. The van der Waals surface area contributed by atoms with Gasteiger partial charge in [-0.1, -0.05) is 44.0 Å². The molecule has 0 spiro atoms. The highest BCUT2D eigenvalue weighted by Gasteiger charge is 2.17. The Kier molecular flexibility index (Phi) is 5.64. The summed E-state index contributed by atoms with van der Waals surface area (Å²) >= 11 is 7.01. The van der Waals surface area contributed by atoms with Crippen molar-refractivity contribution in [3.63, 3.8) is 0 Å². The topological polar surface area (TPSA) is 21.3 Å². The monoisotopic (exact) mass is 397 g/mol. The van der Waals surface area contributed by atoms with Gasteiger partial charge in [0.05, 0.1) is 12.6 Å². The smallest absolute Gasteiger partial charge is 0.124 e. The summed E-state index contributed by atoms with van der Waals surface area (Å²) in [4.78, 5) is 0. The number of benzene rings is 2. The number of halogens is 2. The zero-order valence-corrected chi connectivity index (χ0v) is 14.7. The maximum absolute atomic E-state index is 5.75.